The van der Waals surface area contributed by atoms with Gasteiger partial charge in [-0.1, -0.05) is 11.2 Å². The molecule has 5 nitrogen and oxygen atoms in total. The van der Waals surface area contributed by atoms with Gasteiger partial charge in [0.05, 0.1) is 16.8 Å². The third kappa shape index (κ3) is 2.42. The number of nitrogens with zero attached hydrogens (tertiary/aromatic N) is 2. The normalized spacial score (nSPS) is 21.1. The molecule has 1 amide bonds. The monoisotopic (exact) mass is 287 g/mol. The molecule has 0 spiro atoms. The summed E-state index contributed by atoms with van der Waals surface area (Å²) in [7, 11) is 0. The summed E-state index contributed by atoms with van der Waals surface area (Å²) in [6, 6.07) is 7.47. The van der Waals surface area contributed by atoms with Crippen molar-refractivity contribution in [2.75, 3.05) is 5.32 Å². The highest BCUT2D eigenvalue weighted by Gasteiger charge is 2.42. The van der Waals surface area contributed by atoms with Gasteiger partial charge >= 0.3 is 0 Å². The maximum Gasteiger partial charge on any atom is 0.271 e. The molecule has 2 aromatic rings. The number of aromatic nitrogens is 1. The number of carbonyl (C=O) groups is 1. The van der Waals surface area contributed by atoms with E-state index in [2.05, 4.69) is 15.5 Å². The minimum atomic E-state index is -0.977. The number of thiophene rings is 1. The Hall–Kier alpha value is -2.21. The number of pyridine rings is 1. The zero-order chi connectivity index (χ0) is 14.0. The molecular formula is C14H13N3O2S. The molecule has 0 aliphatic carbocycles. The SMILES string of the molecule is CC1(C(=O)Nc2cccnc2)CC(c2cccs2)=NO1. The largest absolute Gasteiger partial charge is 0.379 e. The van der Waals surface area contributed by atoms with E-state index in [1.54, 1.807) is 42.8 Å². The van der Waals surface area contributed by atoms with Crippen LogP contribution in [0.4, 0.5) is 5.69 Å². The predicted octanol–water partition coefficient (Wildman–Crippen LogP) is 2.66. The lowest BCUT2D eigenvalue weighted by Crippen LogP contribution is -2.40. The highest BCUT2D eigenvalue weighted by atomic mass is 32.1. The molecule has 2 aromatic heterocycles. The Morgan fingerprint density at radius 1 is 1.45 bits per heavy atom. The number of oxime groups is 1. The molecule has 0 fully saturated rings. The van der Waals surface area contributed by atoms with Gasteiger partial charge in [-0.15, -0.1) is 11.3 Å². The molecule has 1 N–H and O–H groups in total. The summed E-state index contributed by atoms with van der Waals surface area (Å²) in [6.45, 7) is 1.74. The van der Waals surface area contributed by atoms with Crippen molar-refractivity contribution in [2.45, 2.75) is 18.9 Å². The number of amides is 1. The van der Waals surface area contributed by atoms with Crippen LogP contribution in [0.3, 0.4) is 0 Å². The number of hydrogen-bond acceptors (Lipinski definition) is 5. The summed E-state index contributed by atoms with van der Waals surface area (Å²) < 4.78 is 0. The molecule has 20 heavy (non-hydrogen) atoms. The summed E-state index contributed by atoms with van der Waals surface area (Å²) in [5, 5.41) is 8.81. The second-order valence-corrected chi connectivity index (χ2v) is 5.66. The molecule has 3 rings (SSSR count). The van der Waals surface area contributed by atoms with Gasteiger partial charge in [0.25, 0.3) is 5.91 Å². The summed E-state index contributed by atoms with van der Waals surface area (Å²) in [6.07, 6.45) is 3.71. The second-order valence-electron chi connectivity index (χ2n) is 4.71. The van der Waals surface area contributed by atoms with Gasteiger partial charge in [0, 0.05) is 12.6 Å². The molecule has 1 aliphatic rings. The zero-order valence-corrected chi connectivity index (χ0v) is 11.7. The van der Waals surface area contributed by atoms with Crippen molar-refractivity contribution in [3.05, 3.63) is 46.9 Å². The first kappa shape index (κ1) is 12.8. The van der Waals surface area contributed by atoms with E-state index in [1.807, 2.05) is 17.5 Å². The Balaban J connectivity index is 1.70. The molecular weight excluding hydrogens is 274 g/mol. The molecule has 1 atom stereocenters. The van der Waals surface area contributed by atoms with E-state index in [1.165, 1.54) is 0 Å². The van der Waals surface area contributed by atoms with Crippen LogP contribution in [0.1, 0.15) is 18.2 Å². The Morgan fingerprint density at radius 3 is 3.05 bits per heavy atom. The first-order valence-corrected chi connectivity index (χ1v) is 7.06. The molecule has 0 saturated heterocycles. The van der Waals surface area contributed by atoms with Gasteiger partial charge in [-0.25, -0.2) is 0 Å². The Morgan fingerprint density at radius 2 is 2.35 bits per heavy atom. The van der Waals surface area contributed by atoms with Crippen LogP contribution < -0.4 is 5.32 Å². The minimum Gasteiger partial charge on any atom is -0.379 e. The van der Waals surface area contributed by atoms with Crippen LogP contribution in [0.25, 0.3) is 0 Å². The fourth-order valence-corrected chi connectivity index (χ4v) is 2.64. The number of nitrogens with one attached hydrogen (secondary N) is 1. The van der Waals surface area contributed by atoms with E-state index in [4.69, 9.17) is 4.84 Å². The van der Waals surface area contributed by atoms with Gasteiger partial charge in [-0.05, 0) is 30.5 Å². The van der Waals surface area contributed by atoms with Gasteiger partial charge in [0.15, 0.2) is 0 Å². The summed E-state index contributed by atoms with van der Waals surface area (Å²) in [5.41, 5.74) is 0.477. The molecule has 0 aromatic carbocycles. The van der Waals surface area contributed by atoms with Crippen LogP contribution in [-0.2, 0) is 9.63 Å². The number of rotatable bonds is 3. The highest BCUT2D eigenvalue weighted by Crippen LogP contribution is 2.29. The first-order valence-electron chi connectivity index (χ1n) is 6.18. The topological polar surface area (TPSA) is 63.6 Å². The maximum absolute atomic E-state index is 12.3. The third-order valence-corrected chi connectivity index (χ3v) is 3.99. The van der Waals surface area contributed by atoms with Crippen molar-refractivity contribution in [3.63, 3.8) is 0 Å². The summed E-state index contributed by atoms with van der Waals surface area (Å²) in [4.78, 5) is 22.7. The fraction of sp³-hybridized carbons (Fsp3) is 0.214. The molecule has 102 valence electrons. The summed E-state index contributed by atoms with van der Waals surface area (Å²) >= 11 is 1.58. The molecule has 0 radical (unpaired) electrons. The minimum absolute atomic E-state index is 0.221. The molecule has 0 saturated carbocycles. The molecule has 1 aliphatic heterocycles. The zero-order valence-electron chi connectivity index (χ0n) is 10.9. The lowest BCUT2D eigenvalue weighted by atomic mass is 9.98. The van der Waals surface area contributed by atoms with Crippen molar-refractivity contribution in [1.82, 2.24) is 4.98 Å². The molecule has 6 heteroatoms. The van der Waals surface area contributed by atoms with Crippen LogP contribution >= 0.6 is 11.3 Å². The quantitative estimate of drug-likeness (QED) is 0.944. The van der Waals surface area contributed by atoms with Gasteiger partial charge in [0.1, 0.15) is 5.71 Å². The van der Waals surface area contributed by atoms with E-state index in [-0.39, 0.29) is 5.91 Å². The van der Waals surface area contributed by atoms with Crippen LogP contribution in [0.15, 0.2) is 47.2 Å². The van der Waals surface area contributed by atoms with Crippen molar-refractivity contribution in [1.29, 1.82) is 0 Å². The van der Waals surface area contributed by atoms with Crippen molar-refractivity contribution in [3.8, 4) is 0 Å². The van der Waals surface area contributed by atoms with E-state index in [0.717, 1.165) is 10.6 Å². The Kier molecular flexibility index (Phi) is 3.23. The number of carbonyl (C=O) groups excluding carboxylic acids is 1. The summed E-state index contributed by atoms with van der Waals surface area (Å²) in [5.74, 6) is -0.221. The van der Waals surface area contributed by atoms with Crippen molar-refractivity contribution in [2.24, 2.45) is 5.16 Å². The van der Waals surface area contributed by atoms with Crippen molar-refractivity contribution < 1.29 is 9.63 Å². The van der Waals surface area contributed by atoms with E-state index in [0.29, 0.717) is 12.1 Å². The van der Waals surface area contributed by atoms with E-state index < -0.39 is 5.60 Å². The predicted molar refractivity (Wildman–Crippen MR) is 77.8 cm³/mol. The standard InChI is InChI=1S/C14H13N3O2S/c1-14(13(18)16-10-4-2-6-15-9-10)8-11(17-19-14)12-5-3-7-20-12/h2-7,9H,8H2,1H3,(H,16,18). The van der Waals surface area contributed by atoms with Gasteiger partial charge in [-0.2, -0.15) is 0 Å². The van der Waals surface area contributed by atoms with Crippen LogP contribution in [0, 0.1) is 0 Å². The van der Waals surface area contributed by atoms with E-state index in [9.17, 15) is 4.79 Å². The van der Waals surface area contributed by atoms with Crippen LogP contribution in [0.5, 0.6) is 0 Å². The maximum atomic E-state index is 12.3. The number of anilines is 1. The molecule has 3 heterocycles. The van der Waals surface area contributed by atoms with Gasteiger partial charge in [-0.3, -0.25) is 9.78 Å². The Bertz CT molecular complexity index is 640. The third-order valence-electron chi connectivity index (χ3n) is 3.07. The average Bonchev–Trinajstić information content (AvgIpc) is 3.09. The van der Waals surface area contributed by atoms with Crippen LogP contribution in [0.2, 0.25) is 0 Å². The lowest BCUT2D eigenvalue weighted by molar-refractivity contribution is -0.135. The van der Waals surface area contributed by atoms with E-state index >= 15 is 0 Å². The molecule has 0 bridgehead atoms. The fourth-order valence-electron chi connectivity index (χ4n) is 1.94. The highest BCUT2D eigenvalue weighted by molar-refractivity contribution is 7.12. The first-order chi connectivity index (χ1) is 9.67. The number of hydrogen-bond donors (Lipinski definition) is 1. The molecule has 1 unspecified atom stereocenters. The lowest BCUT2D eigenvalue weighted by Gasteiger charge is -2.20. The van der Waals surface area contributed by atoms with Gasteiger partial charge in [0.2, 0.25) is 5.60 Å². The smallest absolute Gasteiger partial charge is 0.271 e. The average molecular weight is 287 g/mol. The van der Waals surface area contributed by atoms with Crippen LogP contribution in [-0.4, -0.2) is 22.2 Å². The van der Waals surface area contributed by atoms with Crippen molar-refractivity contribution >= 4 is 28.6 Å². The van der Waals surface area contributed by atoms with Gasteiger partial charge < -0.3 is 10.2 Å². The Labute approximate surface area is 120 Å². The second kappa shape index (κ2) is 5.05.